The second-order valence-electron chi connectivity index (χ2n) is 6.63. The van der Waals surface area contributed by atoms with Gasteiger partial charge in [0.05, 0.1) is 29.0 Å². The molecule has 3 rings (SSSR count). The number of nitrogen functional groups attached to an aromatic ring is 1. The topological polar surface area (TPSA) is 144 Å². The highest BCUT2D eigenvalue weighted by molar-refractivity contribution is 5.97. The molecule has 2 heterocycles. The number of nitro groups is 1. The van der Waals surface area contributed by atoms with Crippen molar-refractivity contribution >= 4 is 23.3 Å². The van der Waals surface area contributed by atoms with Gasteiger partial charge in [0, 0.05) is 37.0 Å². The van der Waals surface area contributed by atoms with E-state index in [1.54, 1.807) is 4.90 Å². The van der Waals surface area contributed by atoms with E-state index in [0.717, 1.165) is 26.4 Å². The van der Waals surface area contributed by atoms with Crippen LogP contribution in [0.1, 0.15) is 45.7 Å². The summed E-state index contributed by atoms with van der Waals surface area (Å²) < 4.78 is 5.97. The van der Waals surface area contributed by atoms with Crippen LogP contribution in [0.25, 0.3) is 5.69 Å². The normalized spacial score (nSPS) is 13.6. The predicted molar refractivity (Wildman–Crippen MR) is 103 cm³/mol. The third-order valence-electron chi connectivity index (χ3n) is 4.83. The summed E-state index contributed by atoms with van der Waals surface area (Å²) in [6.07, 6.45) is 4.07. The highest BCUT2D eigenvalue weighted by Crippen LogP contribution is 2.28. The van der Waals surface area contributed by atoms with Crippen LogP contribution in [0.3, 0.4) is 0 Å². The maximum Gasteiger partial charge on any atom is 0.357 e. The smallest absolute Gasteiger partial charge is 0.357 e. The average Bonchev–Trinajstić information content (AvgIpc) is 3.09. The van der Waals surface area contributed by atoms with Crippen molar-refractivity contribution in [3.05, 3.63) is 51.3 Å². The molecular formula is C19H19N5O5. The van der Waals surface area contributed by atoms with Crippen LogP contribution in [0, 0.1) is 21.4 Å². The van der Waals surface area contributed by atoms with Crippen LogP contribution in [0.5, 0.6) is 0 Å². The lowest BCUT2D eigenvalue weighted by Gasteiger charge is -2.26. The average molecular weight is 397 g/mol. The van der Waals surface area contributed by atoms with Crippen molar-refractivity contribution in [3.63, 3.8) is 0 Å². The summed E-state index contributed by atoms with van der Waals surface area (Å²) in [5.41, 5.74) is 5.63. The first-order valence-corrected chi connectivity index (χ1v) is 8.95. The van der Waals surface area contributed by atoms with Crippen molar-refractivity contribution in [2.75, 3.05) is 25.9 Å². The number of hydrogen-bond donors (Lipinski definition) is 1. The number of amides is 1. The number of hydrogen-bond acceptors (Lipinski definition) is 7. The van der Waals surface area contributed by atoms with Crippen molar-refractivity contribution in [1.29, 1.82) is 5.26 Å². The first kappa shape index (κ1) is 19.9. The van der Waals surface area contributed by atoms with E-state index in [1.165, 1.54) is 29.0 Å². The molecule has 1 aliphatic heterocycles. The van der Waals surface area contributed by atoms with Gasteiger partial charge in [0.15, 0.2) is 5.69 Å². The molecular weight excluding hydrogens is 378 g/mol. The van der Waals surface area contributed by atoms with E-state index in [2.05, 4.69) is 0 Å². The molecule has 10 heteroatoms. The lowest BCUT2D eigenvalue weighted by molar-refractivity contribution is -0.384. The number of likely N-dealkylation sites (tertiary alicyclic amines) is 1. The number of ether oxygens (including phenoxy) is 1. The molecule has 2 N–H and O–H groups in total. The number of esters is 1. The van der Waals surface area contributed by atoms with Crippen molar-refractivity contribution in [1.82, 2.24) is 9.47 Å². The standard InChI is InChI=1S/C19H19N5O5/c1-29-19(26)17-16(21)13(10-20)11-23(17)14-7-12(8-15(9-14)24(27)28)18(25)22-5-3-2-4-6-22/h7-9,11H,2-6,21H2,1H3. The largest absolute Gasteiger partial charge is 0.464 e. The van der Waals surface area contributed by atoms with Gasteiger partial charge in [-0.15, -0.1) is 0 Å². The Morgan fingerprint density at radius 3 is 2.52 bits per heavy atom. The van der Waals surface area contributed by atoms with E-state index in [-0.39, 0.29) is 39.8 Å². The van der Waals surface area contributed by atoms with Crippen LogP contribution in [-0.2, 0) is 4.74 Å². The number of nitro benzene ring substituents is 1. The minimum Gasteiger partial charge on any atom is -0.464 e. The van der Waals surface area contributed by atoms with Crippen molar-refractivity contribution in [2.24, 2.45) is 0 Å². The molecule has 0 unspecified atom stereocenters. The monoisotopic (exact) mass is 397 g/mol. The van der Waals surface area contributed by atoms with Gasteiger partial charge in [-0.3, -0.25) is 14.9 Å². The molecule has 0 radical (unpaired) electrons. The van der Waals surface area contributed by atoms with E-state index in [4.69, 9.17) is 10.5 Å². The van der Waals surface area contributed by atoms with Crippen LogP contribution >= 0.6 is 0 Å². The van der Waals surface area contributed by atoms with Gasteiger partial charge in [0.25, 0.3) is 11.6 Å². The zero-order valence-corrected chi connectivity index (χ0v) is 15.8. The molecule has 0 spiro atoms. The quantitative estimate of drug-likeness (QED) is 0.473. The molecule has 1 aromatic carbocycles. The van der Waals surface area contributed by atoms with Gasteiger partial charge in [-0.2, -0.15) is 5.26 Å². The first-order valence-electron chi connectivity index (χ1n) is 8.95. The number of nitriles is 1. The first-order chi connectivity index (χ1) is 13.9. The molecule has 0 bridgehead atoms. The van der Waals surface area contributed by atoms with Crippen LogP contribution in [0.2, 0.25) is 0 Å². The van der Waals surface area contributed by atoms with Crippen LogP contribution in [-0.4, -0.2) is 46.5 Å². The van der Waals surface area contributed by atoms with Crippen LogP contribution < -0.4 is 5.73 Å². The maximum absolute atomic E-state index is 12.9. The number of nitrogens with zero attached hydrogens (tertiary/aromatic N) is 4. The highest BCUT2D eigenvalue weighted by Gasteiger charge is 2.25. The number of anilines is 1. The number of methoxy groups -OCH3 is 1. The number of aromatic nitrogens is 1. The van der Waals surface area contributed by atoms with Gasteiger partial charge in [-0.25, -0.2) is 4.79 Å². The van der Waals surface area contributed by atoms with E-state index in [1.807, 2.05) is 6.07 Å². The molecule has 1 amide bonds. The highest BCUT2D eigenvalue weighted by atomic mass is 16.6. The fraction of sp³-hybridized carbons (Fsp3) is 0.316. The number of carbonyl (C=O) groups is 2. The molecule has 150 valence electrons. The Hall–Kier alpha value is -3.87. The second kappa shape index (κ2) is 8.02. The molecule has 1 aliphatic rings. The zero-order valence-electron chi connectivity index (χ0n) is 15.8. The lowest BCUT2D eigenvalue weighted by Crippen LogP contribution is -2.35. The summed E-state index contributed by atoms with van der Waals surface area (Å²) in [5.74, 6) is -1.13. The number of piperidine rings is 1. The van der Waals surface area contributed by atoms with E-state index < -0.39 is 10.9 Å². The molecule has 1 aromatic heterocycles. The Bertz CT molecular complexity index is 1030. The Labute approximate surface area is 166 Å². The molecule has 10 nitrogen and oxygen atoms in total. The second-order valence-corrected chi connectivity index (χ2v) is 6.63. The molecule has 0 saturated carbocycles. The molecule has 29 heavy (non-hydrogen) atoms. The summed E-state index contributed by atoms with van der Waals surface area (Å²) in [6, 6.07) is 5.72. The molecule has 0 atom stereocenters. The van der Waals surface area contributed by atoms with Gasteiger partial charge in [0.1, 0.15) is 6.07 Å². The summed E-state index contributed by atoms with van der Waals surface area (Å²) in [7, 11) is 1.16. The number of carbonyl (C=O) groups excluding carboxylic acids is 2. The summed E-state index contributed by atoms with van der Waals surface area (Å²) >= 11 is 0. The fourth-order valence-corrected chi connectivity index (χ4v) is 3.36. The summed E-state index contributed by atoms with van der Waals surface area (Å²) in [4.78, 5) is 37.6. The molecule has 0 aliphatic carbocycles. The predicted octanol–water partition coefficient (Wildman–Crippen LogP) is 2.25. The Kier molecular flexibility index (Phi) is 5.50. The van der Waals surface area contributed by atoms with Crippen molar-refractivity contribution < 1.29 is 19.2 Å². The number of benzene rings is 1. The van der Waals surface area contributed by atoms with E-state index in [0.29, 0.717) is 13.1 Å². The third-order valence-corrected chi connectivity index (χ3v) is 4.83. The van der Waals surface area contributed by atoms with Crippen molar-refractivity contribution in [3.8, 4) is 11.8 Å². The molecule has 1 saturated heterocycles. The van der Waals surface area contributed by atoms with Crippen LogP contribution in [0.4, 0.5) is 11.4 Å². The van der Waals surface area contributed by atoms with Gasteiger partial charge in [-0.1, -0.05) is 0 Å². The lowest BCUT2D eigenvalue weighted by atomic mass is 10.1. The van der Waals surface area contributed by atoms with Gasteiger partial charge < -0.3 is 19.9 Å². The van der Waals surface area contributed by atoms with Gasteiger partial charge >= 0.3 is 5.97 Å². The number of nitrogens with two attached hydrogens (primary N) is 1. The molecule has 2 aromatic rings. The Morgan fingerprint density at radius 2 is 1.93 bits per heavy atom. The Balaban J connectivity index is 2.16. The third kappa shape index (κ3) is 3.75. The number of non-ortho nitro benzene ring substituents is 1. The summed E-state index contributed by atoms with van der Waals surface area (Å²) in [5, 5.41) is 20.7. The van der Waals surface area contributed by atoms with E-state index in [9.17, 15) is 25.0 Å². The number of rotatable bonds is 4. The SMILES string of the molecule is COC(=O)c1c(N)c(C#N)cn1-c1cc(C(=O)N2CCCCC2)cc([N+](=O)[O-])c1. The van der Waals surface area contributed by atoms with Gasteiger partial charge in [-0.05, 0) is 25.3 Å². The fourth-order valence-electron chi connectivity index (χ4n) is 3.36. The summed E-state index contributed by atoms with van der Waals surface area (Å²) in [6.45, 7) is 1.17. The van der Waals surface area contributed by atoms with E-state index >= 15 is 0 Å². The van der Waals surface area contributed by atoms with Crippen molar-refractivity contribution in [2.45, 2.75) is 19.3 Å². The maximum atomic E-state index is 12.9. The van der Waals surface area contributed by atoms with Gasteiger partial charge in [0.2, 0.25) is 0 Å². The molecule has 1 fully saturated rings. The Morgan fingerprint density at radius 1 is 1.24 bits per heavy atom. The zero-order chi connectivity index (χ0) is 21.1. The minimum absolute atomic E-state index is 0.0146. The minimum atomic E-state index is -0.806. The van der Waals surface area contributed by atoms with Crippen LogP contribution in [0.15, 0.2) is 24.4 Å².